The van der Waals surface area contributed by atoms with Gasteiger partial charge in [-0.1, -0.05) is 111 Å². The molecule has 4 aromatic rings. The molecule has 0 amide bonds. The van der Waals surface area contributed by atoms with Gasteiger partial charge in [0.25, 0.3) is 0 Å². The summed E-state index contributed by atoms with van der Waals surface area (Å²) in [5.41, 5.74) is 3.28. The minimum atomic E-state index is -1.01. The van der Waals surface area contributed by atoms with E-state index >= 15 is 0 Å². The molecule has 202 valence electrons. The molecule has 0 aliphatic carbocycles. The van der Waals surface area contributed by atoms with Crippen molar-refractivity contribution >= 4 is 12.2 Å². The van der Waals surface area contributed by atoms with Gasteiger partial charge in [0, 0.05) is 16.7 Å². The summed E-state index contributed by atoms with van der Waals surface area (Å²) in [4.78, 5) is 0. The number of hydrogen-bond acceptors (Lipinski definition) is 1. The summed E-state index contributed by atoms with van der Waals surface area (Å²) in [5.74, 6) is -3.89. The number of aryl methyl sites for hydroxylation is 1. The van der Waals surface area contributed by atoms with E-state index in [0.29, 0.717) is 23.3 Å². The first-order valence-electron chi connectivity index (χ1n) is 13.3. The van der Waals surface area contributed by atoms with Gasteiger partial charge < -0.3 is 4.74 Å². The molecule has 39 heavy (non-hydrogen) atoms. The van der Waals surface area contributed by atoms with Gasteiger partial charge in [0.15, 0.2) is 23.2 Å². The van der Waals surface area contributed by atoms with Crippen molar-refractivity contribution < 1.29 is 22.3 Å². The van der Waals surface area contributed by atoms with Crippen LogP contribution in [0.15, 0.2) is 72.8 Å². The van der Waals surface area contributed by atoms with Gasteiger partial charge in [0.2, 0.25) is 5.82 Å². The molecule has 0 N–H and O–H groups in total. The molecule has 0 radical (unpaired) electrons. The summed E-state index contributed by atoms with van der Waals surface area (Å²) >= 11 is 0. The molecule has 0 bridgehead atoms. The Morgan fingerprint density at radius 1 is 0.590 bits per heavy atom. The average molecular weight is 533 g/mol. The summed E-state index contributed by atoms with van der Waals surface area (Å²) in [6, 6.07) is 20.0. The number of ether oxygens (including phenoxy) is 1. The van der Waals surface area contributed by atoms with Crippen molar-refractivity contribution in [3.63, 3.8) is 0 Å². The lowest BCUT2D eigenvalue weighted by atomic mass is 9.97. The second-order valence-electron chi connectivity index (χ2n) is 9.65. The lowest BCUT2D eigenvalue weighted by Gasteiger charge is -2.10. The second-order valence-corrected chi connectivity index (χ2v) is 9.65. The Bertz CT molecular complexity index is 1420. The maximum Gasteiger partial charge on any atom is 0.201 e. The van der Waals surface area contributed by atoms with Crippen LogP contribution in [0.1, 0.15) is 55.7 Å². The number of benzene rings is 4. The zero-order valence-corrected chi connectivity index (χ0v) is 22.2. The molecule has 4 rings (SSSR count). The van der Waals surface area contributed by atoms with Crippen molar-refractivity contribution in [1.82, 2.24) is 0 Å². The van der Waals surface area contributed by atoms with Gasteiger partial charge in [0.05, 0.1) is 6.61 Å². The van der Waals surface area contributed by atoms with Crippen LogP contribution in [0.25, 0.3) is 34.4 Å². The predicted molar refractivity (Wildman–Crippen MR) is 152 cm³/mol. The van der Waals surface area contributed by atoms with Gasteiger partial charge >= 0.3 is 0 Å². The van der Waals surface area contributed by atoms with E-state index in [1.807, 2.05) is 19.1 Å². The Morgan fingerprint density at radius 2 is 1.18 bits per heavy atom. The van der Waals surface area contributed by atoms with Gasteiger partial charge in [-0.3, -0.25) is 0 Å². The molecular formula is C34H32F4O. The summed E-state index contributed by atoms with van der Waals surface area (Å²) in [5, 5.41) is 0. The van der Waals surface area contributed by atoms with Gasteiger partial charge in [-0.2, -0.15) is 4.39 Å². The molecule has 0 aliphatic heterocycles. The van der Waals surface area contributed by atoms with Gasteiger partial charge in [-0.25, -0.2) is 13.2 Å². The Kier molecular flexibility index (Phi) is 9.59. The van der Waals surface area contributed by atoms with Crippen LogP contribution in [-0.2, 0) is 0 Å². The Labute approximate surface area is 227 Å². The van der Waals surface area contributed by atoms with Gasteiger partial charge in [0.1, 0.15) is 0 Å². The van der Waals surface area contributed by atoms with Crippen molar-refractivity contribution in [1.29, 1.82) is 0 Å². The van der Waals surface area contributed by atoms with Crippen LogP contribution < -0.4 is 4.74 Å². The fraction of sp³-hybridized carbons (Fsp3) is 0.235. The van der Waals surface area contributed by atoms with Crippen LogP contribution in [0.2, 0.25) is 0 Å². The number of rotatable bonds is 11. The SMILES string of the molecule is CCCCCCCOc1ccc(/C=C/c2ccc(-c3ccc(-c4ccc(C)cc4)c(F)c3F)cc2)c(F)c1F. The van der Waals surface area contributed by atoms with Crippen LogP contribution >= 0.6 is 0 Å². The minimum absolute atomic E-state index is 0.0895. The third-order valence-electron chi connectivity index (χ3n) is 6.70. The molecule has 0 fully saturated rings. The van der Waals surface area contributed by atoms with E-state index in [2.05, 4.69) is 6.92 Å². The molecule has 5 heteroatoms. The van der Waals surface area contributed by atoms with Gasteiger partial charge in [-0.15, -0.1) is 0 Å². The largest absolute Gasteiger partial charge is 0.490 e. The number of hydrogen-bond donors (Lipinski definition) is 0. The summed E-state index contributed by atoms with van der Waals surface area (Å²) in [6.07, 6.45) is 8.30. The standard InChI is InChI=1S/C34H32F4O/c1-3-4-5-6-7-22-39-30-21-18-27(31(35)34(30)38)17-12-24-10-15-26(16-11-24)29-20-19-28(32(36)33(29)37)25-13-8-23(2)9-14-25/h8-21H,3-7,22H2,1-2H3/b17-12+. The molecule has 1 nitrogen and oxygen atoms in total. The summed E-state index contributed by atoms with van der Waals surface area (Å²) in [7, 11) is 0. The predicted octanol–water partition coefficient (Wildman–Crippen LogP) is 10.4. The smallest absolute Gasteiger partial charge is 0.201 e. The molecule has 0 saturated carbocycles. The molecule has 4 aromatic carbocycles. The zero-order valence-electron chi connectivity index (χ0n) is 22.2. The van der Waals surface area contributed by atoms with E-state index in [0.717, 1.165) is 37.7 Å². The van der Waals surface area contributed by atoms with Crippen molar-refractivity contribution in [3.05, 3.63) is 113 Å². The van der Waals surface area contributed by atoms with Crippen molar-refractivity contribution in [3.8, 4) is 28.0 Å². The highest BCUT2D eigenvalue weighted by Crippen LogP contribution is 2.32. The fourth-order valence-electron chi connectivity index (χ4n) is 4.36. The van der Waals surface area contributed by atoms with Crippen LogP contribution in [-0.4, -0.2) is 6.61 Å². The highest BCUT2D eigenvalue weighted by atomic mass is 19.2. The Balaban J connectivity index is 1.43. The molecule has 0 aromatic heterocycles. The first-order valence-corrected chi connectivity index (χ1v) is 13.3. The highest BCUT2D eigenvalue weighted by molar-refractivity contribution is 5.75. The van der Waals surface area contributed by atoms with E-state index in [1.54, 1.807) is 54.6 Å². The van der Waals surface area contributed by atoms with Crippen molar-refractivity contribution in [2.24, 2.45) is 0 Å². The lowest BCUT2D eigenvalue weighted by Crippen LogP contribution is -2.01. The normalized spacial score (nSPS) is 11.3. The van der Waals surface area contributed by atoms with Crippen LogP contribution in [0.4, 0.5) is 17.6 Å². The zero-order chi connectivity index (χ0) is 27.8. The maximum atomic E-state index is 15.0. The van der Waals surface area contributed by atoms with E-state index < -0.39 is 23.3 Å². The monoisotopic (exact) mass is 532 g/mol. The first-order chi connectivity index (χ1) is 18.9. The fourth-order valence-corrected chi connectivity index (χ4v) is 4.36. The van der Waals surface area contributed by atoms with Crippen LogP contribution in [0, 0.1) is 30.2 Å². The quantitative estimate of drug-likeness (QED) is 0.106. The lowest BCUT2D eigenvalue weighted by molar-refractivity contribution is 0.285. The van der Waals surface area contributed by atoms with Gasteiger partial charge in [-0.05, 0) is 42.2 Å². The first kappa shape index (κ1) is 28.2. The van der Waals surface area contributed by atoms with E-state index in [4.69, 9.17) is 4.74 Å². The molecule has 0 aliphatic rings. The number of halogens is 4. The summed E-state index contributed by atoms with van der Waals surface area (Å²) < 4.78 is 64.4. The summed E-state index contributed by atoms with van der Waals surface area (Å²) in [6.45, 7) is 4.41. The van der Waals surface area contributed by atoms with E-state index in [1.165, 1.54) is 18.2 Å². The highest BCUT2D eigenvalue weighted by Gasteiger charge is 2.16. The molecular weight excluding hydrogens is 500 g/mol. The van der Waals surface area contributed by atoms with Crippen molar-refractivity contribution in [2.45, 2.75) is 46.0 Å². The minimum Gasteiger partial charge on any atom is -0.490 e. The van der Waals surface area contributed by atoms with E-state index in [9.17, 15) is 17.6 Å². The number of unbranched alkanes of at least 4 members (excludes halogenated alkanes) is 4. The topological polar surface area (TPSA) is 9.23 Å². The molecule has 0 spiro atoms. The van der Waals surface area contributed by atoms with Crippen LogP contribution in [0.5, 0.6) is 5.75 Å². The second kappa shape index (κ2) is 13.3. The Morgan fingerprint density at radius 3 is 1.79 bits per heavy atom. The van der Waals surface area contributed by atoms with Crippen LogP contribution in [0.3, 0.4) is 0 Å². The maximum absolute atomic E-state index is 15.0. The Hall–Kier alpha value is -3.86. The molecule has 0 saturated heterocycles. The van der Waals surface area contributed by atoms with Crippen molar-refractivity contribution in [2.75, 3.05) is 6.61 Å². The van der Waals surface area contributed by atoms with E-state index in [-0.39, 0.29) is 22.4 Å². The molecule has 0 unspecified atom stereocenters. The molecule has 0 atom stereocenters. The third kappa shape index (κ3) is 6.97. The average Bonchev–Trinajstić information content (AvgIpc) is 2.95. The molecule has 0 heterocycles. The third-order valence-corrected chi connectivity index (χ3v) is 6.70.